The molecule has 0 spiro atoms. The van der Waals surface area contributed by atoms with E-state index < -0.39 is 15.9 Å². The number of methoxy groups -OCH3 is 1. The van der Waals surface area contributed by atoms with Crippen molar-refractivity contribution in [1.29, 1.82) is 0 Å². The van der Waals surface area contributed by atoms with Gasteiger partial charge >= 0.3 is 0 Å². The first-order valence-corrected chi connectivity index (χ1v) is 10.8. The molecule has 158 valence electrons. The monoisotopic (exact) mass is 448 g/mol. The molecule has 1 aromatic heterocycles. The number of carbonyl (C=O) groups is 1. The zero-order valence-corrected chi connectivity index (χ0v) is 18.3. The number of furan rings is 1. The van der Waals surface area contributed by atoms with E-state index in [0.29, 0.717) is 17.2 Å². The molecule has 0 aliphatic heterocycles. The van der Waals surface area contributed by atoms with Crippen LogP contribution in [-0.2, 0) is 16.6 Å². The number of benzene rings is 2. The lowest BCUT2D eigenvalue weighted by molar-refractivity contribution is 0.0775. The molecule has 0 radical (unpaired) electrons. The van der Waals surface area contributed by atoms with Gasteiger partial charge in [-0.1, -0.05) is 11.6 Å². The Kier molecular flexibility index (Phi) is 6.38. The SMILES string of the molecule is COc1ccc(N(C)S(=O)(=O)c2ccc(Cl)c(C(=O)N(C)Cc3ccco3)c2)cc1. The average molecular weight is 449 g/mol. The van der Waals surface area contributed by atoms with Crippen molar-refractivity contribution in [2.75, 3.05) is 25.5 Å². The third-order valence-electron chi connectivity index (χ3n) is 4.58. The lowest BCUT2D eigenvalue weighted by Gasteiger charge is -2.21. The summed E-state index contributed by atoms with van der Waals surface area (Å²) in [5.41, 5.74) is 0.545. The average Bonchev–Trinajstić information content (AvgIpc) is 3.26. The fourth-order valence-electron chi connectivity index (χ4n) is 2.83. The van der Waals surface area contributed by atoms with E-state index in [1.807, 2.05) is 0 Å². The van der Waals surface area contributed by atoms with Gasteiger partial charge < -0.3 is 14.1 Å². The molecule has 3 rings (SSSR count). The fourth-order valence-corrected chi connectivity index (χ4v) is 4.25. The summed E-state index contributed by atoms with van der Waals surface area (Å²) in [6, 6.07) is 14.2. The maximum Gasteiger partial charge on any atom is 0.264 e. The number of anilines is 1. The second-order valence-electron chi connectivity index (χ2n) is 6.55. The number of carbonyl (C=O) groups excluding carboxylic acids is 1. The highest BCUT2D eigenvalue weighted by Gasteiger charge is 2.25. The Morgan fingerprint density at radius 3 is 2.40 bits per heavy atom. The molecule has 1 heterocycles. The van der Waals surface area contributed by atoms with Crippen LogP contribution in [0.1, 0.15) is 16.1 Å². The summed E-state index contributed by atoms with van der Waals surface area (Å²) < 4.78 is 37.7. The maximum absolute atomic E-state index is 13.1. The zero-order chi connectivity index (χ0) is 21.9. The van der Waals surface area contributed by atoms with Crippen LogP contribution in [0.15, 0.2) is 70.2 Å². The van der Waals surface area contributed by atoms with Gasteiger partial charge in [-0.15, -0.1) is 0 Å². The number of ether oxygens (including phenoxy) is 1. The van der Waals surface area contributed by atoms with Gasteiger partial charge in [0.1, 0.15) is 11.5 Å². The maximum atomic E-state index is 13.1. The van der Waals surface area contributed by atoms with Gasteiger partial charge in [-0.05, 0) is 54.6 Å². The highest BCUT2D eigenvalue weighted by atomic mass is 35.5. The first-order valence-electron chi connectivity index (χ1n) is 8.94. The van der Waals surface area contributed by atoms with E-state index in [4.69, 9.17) is 20.8 Å². The molecule has 0 saturated carbocycles. The molecular weight excluding hydrogens is 428 g/mol. The molecular formula is C21H21ClN2O5S. The van der Waals surface area contributed by atoms with E-state index in [0.717, 1.165) is 4.31 Å². The summed E-state index contributed by atoms with van der Waals surface area (Å²) in [7, 11) is 0.647. The van der Waals surface area contributed by atoms with Crippen molar-refractivity contribution in [3.8, 4) is 5.75 Å². The Morgan fingerprint density at radius 2 is 1.80 bits per heavy atom. The van der Waals surface area contributed by atoms with Gasteiger partial charge in [0.25, 0.3) is 15.9 Å². The normalized spacial score (nSPS) is 11.2. The number of hydrogen-bond acceptors (Lipinski definition) is 5. The largest absolute Gasteiger partial charge is 0.497 e. The van der Waals surface area contributed by atoms with Gasteiger partial charge in [0.15, 0.2) is 0 Å². The van der Waals surface area contributed by atoms with Gasteiger partial charge in [0.2, 0.25) is 0 Å². The highest BCUT2D eigenvalue weighted by molar-refractivity contribution is 7.92. The first-order chi connectivity index (χ1) is 14.2. The van der Waals surface area contributed by atoms with E-state index in [-0.39, 0.29) is 22.0 Å². The number of hydrogen-bond donors (Lipinski definition) is 0. The van der Waals surface area contributed by atoms with Crippen molar-refractivity contribution in [3.63, 3.8) is 0 Å². The summed E-state index contributed by atoms with van der Waals surface area (Å²) in [5, 5.41) is 0.164. The van der Waals surface area contributed by atoms with Crippen molar-refractivity contribution >= 4 is 33.2 Å². The van der Waals surface area contributed by atoms with Gasteiger partial charge in [0, 0.05) is 14.1 Å². The molecule has 3 aromatic rings. The Bertz CT molecular complexity index is 1130. The molecule has 0 aliphatic carbocycles. The van der Waals surface area contributed by atoms with Crippen molar-refractivity contribution in [2.45, 2.75) is 11.4 Å². The number of sulfonamides is 1. The standard InChI is InChI=1S/C21H21ClN2O5S/c1-23(14-17-5-4-12-29-17)21(25)19-13-18(10-11-20(19)22)30(26,27)24(2)15-6-8-16(28-3)9-7-15/h4-13H,14H2,1-3H3. The number of halogens is 1. The predicted molar refractivity (Wildman–Crippen MR) is 115 cm³/mol. The zero-order valence-electron chi connectivity index (χ0n) is 16.7. The van der Waals surface area contributed by atoms with Crippen LogP contribution in [-0.4, -0.2) is 40.4 Å². The molecule has 0 fully saturated rings. The molecule has 30 heavy (non-hydrogen) atoms. The summed E-state index contributed by atoms with van der Waals surface area (Å²) in [6.45, 7) is 0.227. The van der Waals surface area contributed by atoms with Gasteiger partial charge in [0.05, 0.1) is 41.1 Å². The molecule has 0 atom stereocenters. The summed E-state index contributed by atoms with van der Waals surface area (Å²) in [4.78, 5) is 14.2. The Labute approximate surface area is 180 Å². The number of rotatable bonds is 7. The van der Waals surface area contributed by atoms with Crippen molar-refractivity contribution in [2.24, 2.45) is 0 Å². The third kappa shape index (κ3) is 4.44. The molecule has 1 amide bonds. The fraction of sp³-hybridized carbons (Fsp3) is 0.190. The Hall–Kier alpha value is -2.97. The third-order valence-corrected chi connectivity index (χ3v) is 6.69. The minimum Gasteiger partial charge on any atom is -0.497 e. The van der Waals surface area contributed by atoms with Crippen LogP contribution >= 0.6 is 11.6 Å². The summed E-state index contributed by atoms with van der Waals surface area (Å²) >= 11 is 6.20. The van der Waals surface area contributed by atoms with Gasteiger partial charge in [-0.2, -0.15) is 0 Å². The molecule has 0 aliphatic rings. The van der Waals surface area contributed by atoms with Crippen molar-refractivity contribution in [1.82, 2.24) is 4.90 Å². The lowest BCUT2D eigenvalue weighted by Crippen LogP contribution is -2.28. The summed E-state index contributed by atoms with van der Waals surface area (Å²) in [6.07, 6.45) is 1.52. The number of amides is 1. The van der Waals surface area contributed by atoms with Gasteiger partial charge in [-0.25, -0.2) is 8.42 Å². The summed E-state index contributed by atoms with van der Waals surface area (Å²) in [5.74, 6) is 0.800. The quantitative estimate of drug-likeness (QED) is 0.545. The first kappa shape index (κ1) is 21.7. The predicted octanol–water partition coefficient (Wildman–Crippen LogP) is 4.04. The minimum atomic E-state index is -3.92. The smallest absolute Gasteiger partial charge is 0.264 e. The van der Waals surface area contributed by atoms with Crippen molar-refractivity contribution in [3.05, 3.63) is 77.2 Å². The molecule has 0 saturated heterocycles. The van der Waals surface area contributed by atoms with Crippen molar-refractivity contribution < 1.29 is 22.4 Å². The van der Waals surface area contributed by atoms with E-state index in [1.165, 1.54) is 43.5 Å². The van der Waals surface area contributed by atoms with Crippen LogP contribution in [0.25, 0.3) is 0 Å². The van der Waals surface area contributed by atoms with Crippen LogP contribution in [0.5, 0.6) is 5.75 Å². The van der Waals surface area contributed by atoms with E-state index in [9.17, 15) is 13.2 Å². The highest BCUT2D eigenvalue weighted by Crippen LogP contribution is 2.27. The van der Waals surface area contributed by atoms with Crippen LogP contribution in [0, 0.1) is 0 Å². The van der Waals surface area contributed by atoms with Crippen LogP contribution in [0.2, 0.25) is 5.02 Å². The van der Waals surface area contributed by atoms with E-state index in [1.54, 1.807) is 43.4 Å². The topological polar surface area (TPSA) is 80.1 Å². The molecule has 0 N–H and O–H groups in total. The van der Waals surface area contributed by atoms with E-state index >= 15 is 0 Å². The molecule has 0 bridgehead atoms. The van der Waals surface area contributed by atoms with Crippen LogP contribution < -0.4 is 9.04 Å². The van der Waals surface area contributed by atoms with Crippen LogP contribution in [0.4, 0.5) is 5.69 Å². The molecule has 2 aromatic carbocycles. The number of nitrogens with zero attached hydrogens (tertiary/aromatic N) is 2. The Balaban J connectivity index is 1.89. The Morgan fingerprint density at radius 1 is 1.10 bits per heavy atom. The van der Waals surface area contributed by atoms with Crippen LogP contribution in [0.3, 0.4) is 0 Å². The second kappa shape index (κ2) is 8.81. The molecule has 7 nitrogen and oxygen atoms in total. The van der Waals surface area contributed by atoms with Gasteiger partial charge in [-0.3, -0.25) is 9.10 Å². The van der Waals surface area contributed by atoms with E-state index in [2.05, 4.69) is 0 Å². The molecule has 0 unspecified atom stereocenters. The molecule has 9 heteroatoms. The second-order valence-corrected chi connectivity index (χ2v) is 8.93. The lowest BCUT2D eigenvalue weighted by atomic mass is 10.2. The minimum absolute atomic E-state index is 0.0417.